The summed E-state index contributed by atoms with van der Waals surface area (Å²) in [6, 6.07) is 8.84. The summed E-state index contributed by atoms with van der Waals surface area (Å²) in [6.45, 7) is 9.33. The molecule has 2 heterocycles. The van der Waals surface area contributed by atoms with Gasteiger partial charge < -0.3 is 9.80 Å². The van der Waals surface area contributed by atoms with Crippen molar-refractivity contribution in [2.45, 2.75) is 51.5 Å². The van der Waals surface area contributed by atoms with E-state index in [9.17, 15) is 9.59 Å². The smallest absolute Gasteiger partial charge is 0.236 e. The summed E-state index contributed by atoms with van der Waals surface area (Å²) in [4.78, 5) is 34.3. The number of hydrogen-bond acceptors (Lipinski definition) is 4. The lowest BCUT2D eigenvalue weighted by Crippen LogP contribution is -2.56. The number of aryl methyl sites for hydroxylation is 1. The van der Waals surface area contributed by atoms with E-state index in [1.54, 1.807) is 0 Å². The molecule has 3 aliphatic rings. The first kappa shape index (κ1) is 22.3. The highest BCUT2D eigenvalue weighted by molar-refractivity contribution is 5.80. The van der Waals surface area contributed by atoms with E-state index in [1.807, 2.05) is 23.1 Å². The first-order chi connectivity index (χ1) is 15.1. The highest BCUT2D eigenvalue weighted by Crippen LogP contribution is 2.23. The standard InChI is InChI=1S/C25H38N4O2/c1-21-7-5-6-8-22(21)19-24(30)28-13-11-26(12-14-28)20-25(31)29-17-15-27(16-18-29)23-9-3-2-4-10-23/h5-8,23H,2-4,9-20H2,1H3. The van der Waals surface area contributed by atoms with Crippen LogP contribution in [0.3, 0.4) is 0 Å². The fraction of sp³-hybridized carbons (Fsp3) is 0.680. The fourth-order valence-corrected chi connectivity index (χ4v) is 5.31. The molecule has 0 atom stereocenters. The summed E-state index contributed by atoms with van der Waals surface area (Å²) in [7, 11) is 0. The van der Waals surface area contributed by atoms with Crippen LogP contribution in [0.5, 0.6) is 0 Å². The third kappa shape index (κ3) is 5.86. The molecule has 170 valence electrons. The van der Waals surface area contributed by atoms with Gasteiger partial charge in [0.2, 0.25) is 11.8 Å². The molecule has 0 unspecified atom stereocenters. The van der Waals surface area contributed by atoms with E-state index in [1.165, 1.54) is 37.7 Å². The minimum Gasteiger partial charge on any atom is -0.340 e. The number of hydrogen-bond donors (Lipinski definition) is 0. The van der Waals surface area contributed by atoms with E-state index in [0.29, 0.717) is 26.1 Å². The Kier molecular flexibility index (Phi) is 7.62. The Morgan fingerprint density at radius 2 is 1.42 bits per heavy atom. The second kappa shape index (κ2) is 10.6. The Morgan fingerprint density at radius 1 is 0.806 bits per heavy atom. The summed E-state index contributed by atoms with van der Waals surface area (Å²) >= 11 is 0. The topological polar surface area (TPSA) is 47.1 Å². The maximum Gasteiger partial charge on any atom is 0.236 e. The second-order valence-corrected chi connectivity index (χ2v) is 9.47. The molecule has 0 radical (unpaired) electrons. The van der Waals surface area contributed by atoms with Crippen molar-refractivity contribution >= 4 is 11.8 Å². The molecular weight excluding hydrogens is 388 g/mol. The summed E-state index contributed by atoms with van der Waals surface area (Å²) < 4.78 is 0. The van der Waals surface area contributed by atoms with Crippen LogP contribution in [0.1, 0.15) is 43.2 Å². The van der Waals surface area contributed by atoms with Crippen molar-refractivity contribution < 1.29 is 9.59 Å². The molecule has 2 saturated heterocycles. The van der Waals surface area contributed by atoms with Gasteiger partial charge in [-0.05, 0) is 30.9 Å². The van der Waals surface area contributed by atoms with Gasteiger partial charge in [-0.1, -0.05) is 43.5 Å². The van der Waals surface area contributed by atoms with Crippen molar-refractivity contribution in [1.29, 1.82) is 0 Å². The SMILES string of the molecule is Cc1ccccc1CC(=O)N1CCN(CC(=O)N2CCN(C3CCCCC3)CC2)CC1. The lowest BCUT2D eigenvalue weighted by atomic mass is 9.94. The third-order valence-corrected chi connectivity index (χ3v) is 7.44. The van der Waals surface area contributed by atoms with Crippen LogP contribution >= 0.6 is 0 Å². The molecule has 2 aliphatic heterocycles. The Hall–Kier alpha value is -1.92. The van der Waals surface area contributed by atoms with E-state index in [0.717, 1.165) is 50.9 Å². The van der Waals surface area contributed by atoms with Crippen molar-refractivity contribution in [3.8, 4) is 0 Å². The summed E-state index contributed by atoms with van der Waals surface area (Å²) in [5, 5.41) is 0. The molecule has 0 bridgehead atoms. The quantitative estimate of drug-likeness (QED) is 0.724. The van der Waals surface area contributed by atoms with E-state index in [4.69, 9.17) is 0 Å². The van der Waals surface area contributed by atoms with Crippen LogP contribution in [0.4, 0.5) is 0 Å². The van der Waals surface area contributed by atoms with Gasteiger partial charge in [-0.2, -0.15) is 0 Å². The highest BCUT2D eigenvalue weighted by Gasteiger charge is 2.29. The monoisotopic (exact) mass is 426 g/mol. The van der Waals surface area contributed by atoms with Crippen LogP contribution in [0.25, 0.3) is 0 Å². The molecule has 6 nitrogen and oxygen atoms in total. The summed E-state index contributed by atoms with van der Waals surface area (Å²) in [6.07, 6.45) is 7.25. The Bertz CT molecular complexity index is 746. The number of benzene rings is 1. The van der Waals surface area contributed by atoms with Gasteiger partial charge in [-0.25, -0.2) is 0 Å². The molecule has 2 amide bonds. The zero-order valence-corrected chi connectivity index (χ0v) is 19.1. The van der Waals surface area contributed by atoms with Crippen molar-refractivity contribution in [3.63, 3.8) is 0 Å². The van der Waals surface area contributed by atoms with Crippen molar-refractivity contribution in [3.05, 3.63) is 35.4 Å². The second-order valence-electron chi connectivity index (χ2n) is 9.47. The molecular formula is C25H38N4O2. The number of carbonyl (C=O) groups excluding carboxylic acids is 2. The van der Waals surface area contributed by atoms with Crippen LogP contribution < -0.4 is 0 Å². The molecule has 1 saturated carbocycles. The lowest BCUT2D eigenvalue weighted by molar-refractivity contribution is -0.136. The van der Waals surface area contributed by atoms with Crippen LogP contribution in [-0.2, 0) is 16.0 Å². The average molecular weight is 427 g/mol. The average Bonchev–Trinajstić information content (AvgIpc) is 2.81. The number of piperazine rings is 2. The largest absolute Gasteiger partial charge is 0.340 e. The Labute approximate surface area is 187 Å². The first-order valence-electron chi connectivity index (χ1n) is 12.2. The number of carbonyl (C=O) groups is 2. The number of rotatable bonds is 5. The van der Waals surface area contributed by atoms with E-state index >= 15 is 0 Å². The van der Waals surface area contributed by atoms with Gasteiger partial charge >= 0.3 is 0 Å². The molecule has 1 aromatic carbocycles. The van der Waals surface area contributed by atoms with Gasteiger partial charge in [-0.3, -0.25) is 19.4 Å². The van der Waals surface area contributed by atoms with E-state index in [2.05, 4.69) is 27.7 Å². The van der Waals surface area contributed by atoms with Crippen molar-refractivity contribution in [1.82, 2.24) is 19.6 Å². The third-order valence-electron chi connectivity index (χ3n) is 7.44. The maximum absolute atomic E-state index is 12.8. The molecule has 1 aromatic rings. The molecule has 1 aliphatic carbocycles. The predicted molar refractivity (Wildman–Crippen MR) is 123 cm³/mol. The van der Waals surface area contributed by atoms with Crippen LogP contribution in [0.15, 0.2) is 24.3 Å². The normalized spacial score (nSPS) is 22.0. The Balaban J connectivity index is 1.17. The van der Waals surface area contributed by atoms with Crippen LogP contribution in [0, 0.1) is 6.92 Å². The molecule has 0 N–H and O–H groups in total. The first-order valence-corrected chi connectivity index (χ1v) is 12.2. The molecule has 3 fully saturated rings. The molecule has 0 aromatic heterocycles. The van der Waals surface area contributed by atoms with Gasteiger partial charge in [0.05, 0.1) is 13.0 Å². The molecule has 4 rings (SSSR count). The van der Waals surface area contributed by atoms with Gasteiger partial charge in [0.15, 0.2) is 0 Å². The fourth-order valence-electron chi connectivity index (χ4n) is 5.31. The summed E-state index contributed by atoms with van der Waals surface area (Å²) in [5.41, 5.74) is 2.28. The minimum atomic E-state index is 0.194. The molecule has 6 heteroatoms. The van der Waals surface area contributed by atoms with Gasteiger partial charge in [0, 0.05) is 58.4 Å². The summed E-state index contributed by atoms with van der Waals surface area (Å²) in [5.74, 6) is 0.446. The number of amides is 2. The Morgan fingerprint density at radius 3 is 2.10 bits per heavy atom. The van der Waals surface area contributed by atoms with Crippen molar-refractivity contribution in [2.75, 3.05) is 58.9 Å². The van der Waals surface area contributed by atoms with E-state index in [-0.39, 0.29) is 11.8 Å². The van der Waals surface area contributed by atoms with Crippen LogP contribution in [-0.4, -0.2) is 96.4 Å². The zero-order valence-electron chi connectivity index (χ0n) is 19.1. The minimum absolute atomic E-state index is 0.194. The van der Waals surface area contributed by atoms with Gasteiger partial charge in [0.1, 0.15) is 0 Å². The highest BCUT2D eigenvalue weighted by atomic mass is 16.2. The van der Waals surface area contributed by atoms with Crippen molar-refractivity contribution in [2.24, 2.45) is 0 Å². The molecule has 31 heavy (non-hydrogen) atoms. The molecule has 0 spiro atoms. The van der Waals surface area contributed by atoms with Gasteiger partial charge in [-0.15, -0.1) is 0 Å². The number of nitrogens with zero attached hydrogens (tertiary/aromatic N) is 4. The van der Waals surface area contributed by atoms with Crippen LogP contribution in [0.2, 0.25) is 0 Å². The maximum atomic E-state index is 12.8. The zero-order chi connectivity index (χ0) is 21.6. The lowest BCUT2D eigenvalue weighted by Gasteiger charge is -2.41. The van der Waals surface area contributed by atoms with Gasteiger partial charge in [0.25, 0.3) is 0 Å². The predicted octanol–water partition coefficient (Wildman–Crippen LogP) is 2.16. The van der Waals surface area contributed by atoms with E-state index < -0.39 is 0 Å².